The first-order valence-electron chi connectivity index (χ1n) is 7.41. The van der Waals surface area contributed by atoms with Crippen LogP contribution in [0, 0.1) is 11.8 Å². The van der Waals surface area contributed by atoms with Gasteiger partial charge in [0.25, 0.3) is 0 Å². The first-order chi connectivity index (χ1) is 8.69. The van der Waals surface area contributed by atoms with Crippen LogP contribution in [-0.4, -0.2) is 43.0 Å². The number of piperidine rings is 1. The highest BCUT2D eigenvalue weighted by Crippen LogP contribution is 2.22. The SMILES string of the molecule is CC1CN(CC(=O)NC2CCCC2)CCC1CN. The summed E-state index contributed by atoms with van der Waals surface area (Å²) in [7, 11) is 0. The molecule has 1 saturated heterocycles. The Bertz CT molecular complexity index is 276. The van der Waals surface area contributed by atoms with Crippen molar-refractivity contribution in [3.8, 4) is 0 Å². The summed E-state index contributed by atoms with van der Waals surface area (Å²) >= 11 is 0. The van der Waals surface area contributed by atoms with Gasteiger partial charge in [-0.15, -0.1) is 0 Å². The van der Waals surface area contributed by atoms with Crippen molar-refractivity contribution in [1.82, 2.24) is 10.2 Å². The molecule has 1 saturated carbocycles. The van der Waals surface area contributed by atoms with Crippen LogP contribution >= 0.6 is 0 Å². The predicted octanol–water partition coefficient (Wildman–Crippen LogP) is 0.962. The number of amides is 1. The lowest BCUT2D eigenvalue weighted by atomic mass is 9.87. The molecule has 2 fully saturated rings. The van der Waals surface area contributed by atoms with Crippen LogP contribution in [0.25, 0.3) is 0 Å². The van der Waals surface area contributed by atoms with Crippen molar-refractivity contribution in [2.75, 3.05) is 26.2 Å². The summed E-state index contributed by atoms with van der Waals surface area (Å²) in [6.45, 7) is 5.63. The first kappa shape index (κ1) is 13.8. The fraction of sp³-hybridized carbons (Fsp3) is 0.929. The van der Waals surface area contributed by atoms with E-state index in [1.54, 1.807) is 0 Å². The van der Waals surface area contributed by atoms with E-state index in [4.69, 9.17) is 5.73 Å². The number of nitrogens with one attached hydrogen (secondary N) is 1. The number of likely N-dealkylation sites (tertiary alicyclic amines) is 1. The summed E-state index contributed by atoms with van der Waals surface area (Å²) in [4.78, 5) is 14.2. The number of rotatable bonds is 4. The Morgan fingerprint density at radius 1 is 1.33 bits per heavy atom. The minimum atomic E-state index is 0.209. The van der Waals surface area contributed by atoms with E-state index >= 15 is 0 Å². The average molecular weight is 253 g/mol. The molecular formula is C14H27N3O. The van der Waals surface area contributed by atoms with Gasteiger partial charge in [-0.05, 0) is 44.2 Å². The summed E-state index contributed by atoms with van der Waals surface area (Å²) < 4.78 is 0. The molecule has 1 aliphatic heterocycles. The van der Waals surface area contributed by atoms with Crippen molar-refractivity contribution < 1.29 is 4.79 Å². The van der Waals surface area contributed by atoms with Crippen molar-refractivity contribution in [2.45, 2.75) is 45.1 Å². The summed E-state index contributed by atoms with van der Waals surface area (Å²) in [6, 6.07) is 0.441. The molecule has 0 aromatic carbocycles. The third kappa shape index (κ3) is 3.69. The van der Waals surface area contributed by atoms with Gasteiger partial charge in [-0.2, -0.15) is 0 Å². The number of hydrogen-bond acceptors (Lipinski definition) is 3. The minimum absolute atomic E-state index is 0.209. The zero-order valence-corrected chi connectivity index (χ0v) is 11.5. The lowest BCUT2D eigenvalue weighted by Crippen LogP contribution is -2.47. The summed E-state index contributed by atoms with van der Waals surface area (Å²) in [5.41, 5.74) is 5.75. The molecule has 4 heteroatoms. The van der Waals surface area contributed by atoms with E-state index in [0.29, 0.717) is 24.4 Å². The largest absolute Gasteiger partial charge is 0.352 e. The van der Waals surface area contributed by atoms with Gasteiger partial charge in [0.2, 0.25) is 5.91 Å². The lowest BCUT2D eigenvalue weighted by Gasteiger charge is -2.36. The van der Waals surface area contributed by atoms with Gasteiger partial charge in [-0.25, -0.2) is 0 Å². The molecular weight excluding hydrogens is 226 g/mol. The maximum Gasteiger partial charge on any atom is 0.234 e. The number of nitrogens with two attached hydrogens (primary N) is 1. The third-order valence-corrected chi connectivity index (χ3v) is 4.56. The number of hydrogen-bond donors (Lipinski definition) is 2. The Balaban J connectivity index is 1.71. The molecule has 2 unspecified atom stereocenters. The van der Waals surface area contributed by atoms with Crippen LogP contribution in [0.15, 0.2) is 0 Å². The zero-order chi connectivity index (χ0) is 13.0. The summed E-state index contributed by atoms with van der Waals surface area (Å²) in [5.74, 6) is 1.46. The van der Waals surface area contributed by atoms with Crippen molar-refractivity contribution in [3.63, 3.8) is 0 Å². The molecule has 0 radical (unpaired) electrons. The van der Waals surface area contributed by atoms with E-state index in [2.05, 4.69) is 17.1 Å². The second-order valence-corrected chi connectivity index (χ2v) is 6.05. The average Bonchev–Trinajstić information content (AvgIpc) is 2.82. The molecule has 104 valence electrons. The normalized spacial score (nSPS) is 30.6. The van der Waals surface area contributed by atoms with E-state index < -0.39 is 0 Å². The lowest BCUT2D eigenvalue weighted by molar-refractivity contribution is -0.123. The van der Waals surface area contributed by atoms with Crippen molar-refractivity contribution in [1.29, 1.82) is 0 Å². The maximum atomic E-state index is 11.9. The zero-order valence-electron chi connectivity index (χ0n) is 11.5. The molecule has 1 amide bonds. The van der Waals surface area contributed by atoms with E-state index in [0.717, 1.165) is 38.9 Å². The van der Waals surface area contributed by atoms with Crippen LogP contribution in [0.4, 0.5) is 0 Å². The molecule has 2 aliphatic rings. The monoisotopic (exact) mass is 253 g/mol. The topological polar surface area (TPSA) is 58.4 Å². The Morgan fingerprint density at radius 3 is 2.67 bits per heavy atom. The fourth-order valence-electron chi connectivity index (χ4n) is 3.32. The molecule has 18 heavy (non-hydrogen) atoms. The molecule has 0 bridgehead atoms. The van der Waals surface area contributed by atoms with Crippen molar-refractivity contribution >= 4 is 5.91 Å². The maximum absolute atomic E-state index is 11.9. The van der Waals surface area contributed by atoms with Crippen molar-refractivity contribution in [3.05, 3.63) is 0 Å². The molecule has 4 nitrogen and oxygen atoms in total. The van der Waals surface area contributed by atoms with Gasteiger partial charge >= 0.3 is 0 Å². The van der Waals surface area contributed by atoms with E-state index in [1.165, 1.54) is 12.8 Å². The minimum Gasteiger partial charge on any atom is -0.352 e. The molecule has 0 aromatic heterocycles. The molecule has 2 rings (SSSR count). The Morgan fingerprint density at radius 2 is 2.06 bits per heavy atom. The van der Waals surface area contributed by atoms with Crippen molar-refractivity contribution in [2.24, 2.45) is 17.6 Å². The number of nitrogens with zero attached hydrogens (tertiary/aromatic N) is 1. The third-order valence-electron chi connectivity index (χ3n) is 4.56. The van der Waals surface area contributed by atoms with Gasteiger partial charge in [0.15, 0.2) is 0 Å². The van der Waals surface area contributed by atoms with Gasteiger partial charge < -0.3 is 11.1 Å². The molecule has 0 aromatic rings. The molecule has 3 N–H and O–H groups in total. The quantitative estimate of drug-likeness (QED) is 0.784. The highest BCUT2D eigenvalue weighted by atomic mass is 16.2. The van der Waals surface area contributed by atoms with Crippen LogP contribution in [0.2, 0.25) is 0 Å². The smallest absolute Gasteiger partial charge is 0.234 e. The summed E-state index contributed by atoms with van der Waals surface area (Å²) in [6.07, 6.45) is 6.00. The van der Waals surface area contributed by atoms with Gasteiger partial charge in [0.1, 0.15) is 0 Å². The first-order valence-corrected chi connectivity index (χ1v) is 7.41. The van der Waals surface area contributed by atoms with E-state index in [-0.39, 0.29) is 5.91 Å². The second kappa shape index (κ2) is 6.53. The number of carbonyl (C=O) groups is 1. The van der Waals surface area contributed by atoms with Gasteiger partial charge in [-0.3, -0.25) is 9.69 Å². The fourth-order valence-corrected chi connectivity index (χ4v) is 3.32. The molecule has 2 atom stereocenters. The van der Waals surface area contributed by atoms with Crippen LogP contribution in [0.5, 0.6) is 0 Å². The van der Waals surface area contributed by atoms with Crippen LogP contribution in [0.1, 0.15) is 39.0 Å². The predicted molar refractivity (Wildman–Crippen MR) is 73.2 cm³/mol. The highest BCUT2D eigenvalue weighted by Gasteiger charge is 2.26. The van der Waals surface area contributed by atoms with Crippen LogP contribution in [-0.2, 0) is 4.79 Å². The molecule has 1 heterocycles. The second-order valence-electron chi connectivity index (χ2n) is 6.05. The van der Waals surface area contributed by atoms with E-state index in [9.17, 15) is 4.79 Å². The Hall–Kier alpha value is -0.610. The summed E-state index contributed by atoms with van der Waals surface area (Å²) in [5, 5.41) is 3.16. The van der Waals surface area contributed by atoms with Crippen LogP contribution in [0.3, 0.4) is 0 Å². The standard InChI is InChI=1S/C14H27N3O/c1-11-9-17(7-6-12(11)8-15)10-14(18)16-13-4-2-3-5-13/h11-13H,2-10,15H2,1H3,(H,16,18). The molecule has 1 aliphatic carbocycles. The Labute approximate surface area is 110 Å². The van der Waals surface area contributed by atoms with E-state index in [1.807, 2.05) is 0 Å². The van der Waals surface area contributed by atoms with Gasteiger partial charge in [-0.1, -0.05) is 19.8 Å². The Kier molecular flexibility index (Phi) is 5.01. The molecule has 0 spiro atoms. The number of carbonyl (C=O) groups excluding carboxylic acids is 1. The van der Waals surface area contributed by atoms with Crippen LogP contribution < -0.4 is 11.1 Å². The van der Waals surface area contributed by atoms with Gasteiger partial charge in [0.05, 0.1) is 6.54 Å². The van der Waals surface area contributed by atoms with Gasteiger partial charge in [0, 0.05) is 12.6 Å². The highest BCUT2D eigenvalue weighted by molar-refractivity contribution is 5.78.